The topological polar surface area (TPSA) is 142 Å². The van der Waals surface area contributed by atoms with Crippen molar-refractivity contribution in [3.8, 4) is 0 Å². The zero-order valence-electron chi connectivity index (χ0n) is 33.3. The molecular formula is C44H57N9O4. The van der Waals surface area contributed by atoms with E-state index in [0.29, 0.717) is 66.6 Å². The molecule has 0 aliphatic carbocycles. The van der Waals surface area contributed by atoms with Crippen molar-refractivity contribution in [2.75, 3.05) is 93.8 Å². The van der Waals surface area contributed by atoms with Crippen LogP contribution in [0.25, 0.3) is 21.8 Å². The molecular weight excluding hydrogens is 719 g/mol. The van der Waals surface area contributed by atoms with E-state index in [-0.39, 0.29) is 23.6 Å². The summed E-state index contributed by atoms with van der Waals surface area (Å²) in [5.41, 5.74) is 5.13. The van der Waals surface area contributed by atoms with E-state index in [1.54, 1.807) is 0 Å². The Morgan fingerprint density at radius 3 is 1.54 bits per heavy atom. The van der Waals surface area contributed by atoms with Gasteiger partial charge >= 0.3 is 0 Å². The lowest BCUT2D eigenvalue weighted by atomic mass is 10.1. The van der Waals surface area contributed by atoms with E-state index in [1.807, 2.05) is 65.6 Å². The number of nitrogens with zero attached hydrogens (tertiary/aromatic N) is 5. The summed E-state index contributed by atoms with van der Waals surface area (Å²) in [6, 6.07) is 19.1. The minimum Gasteiger partial charge on any atom is -0.354 e. The lowest BCUT2D eigenvalue weighted by Gasteiger charge is -2.32. The second-order valence-corrected chi connectivity index (χ2v) is 15.8. The van der Waals surface area contributed by atoms with Crippen LogP contribution >= 0.6 is 0 Å². The van der Waals surface area contributed by atoms with Crippen molar-refractivity contribution in [2.45, 2.75) is 64.2 Å². The quantitative estimate of drug-likeness (QED) is 0.0768. The number of fused-ring (bicyclic) bond motifs is 2. The van der Waals surface area contributed by atoms with Crippen LogP contribution in [0.1, 0.15) is 64.2 Å². The third-order valence-corrected chi connectivity index (χ3v) is 11.4. The number of anilines is 5. The predicted octanol–water partition coefficient (Wildman–Crippen LogP) is 6.25. The molecule has 3 aliphatic heterocycles. The molecule has 0 radical (unpaired) electrons. The number of hydrogen-bond acceptors (Lipinski definition) is 9. The number of benzene rings is 3. The van der Waals surface area contributed by atoms with Crippen LogP contribution in [0.3, 0.4) is 0 Å². The number of likely N-dealkylation sites (tertiary alicyclic amines) is 2. The van der Waals surface area contributed by atoms with Gasteiger partial charge in [-0.2, -0.15) is 0 Å². The monoisotopic (exact) mass is 775 g/mol. The number of piperazine rings is 1. The van der Waals surface area contributed by atoms with Crippen molar-refractivity contribution in [3.05, 3.63) is 60.7 Å². The highest BCUT2D eigenvalue weighted by molar-refractivity contribution is 6.11. The summed E-state index contributed by atoms with van der Waals surface area (Å²) in [4.78, 5) is 64.9. The molecule has 7 rings (SSSR count). The lowest BCUT2D eigenvalue weighted by Crippen LogP contribution is -2.47. The first-order valence-electron chi connectivity index (χ1n) is 20.8. The van der Waals surface area contributed by atoms with Gasteiger partial charge in [-0.1, -0.05) is 0 Å². The van der Waals surface area contributed by atoms with Gasteiger partial charge in [0.15, 0.2) is 0 Å². The van der Waals surface area contributed by atoms with E-state index in [0.717, 1.165) is 87.6 Å². The second kappa shape index (κ2) is 19.4. The number of nitrogens with one attached hydrogen (secondary N) is 4. The molecule has 57 heavy (non-hydrogen) atoms. The molecule has 3 fully saturated rings. The van der Waals surface area contributed by atoms with Crippen LogP contribution in [-0.2, 0) is 19.2 Å². The van der Waals surface area contributed by atoms with Crippen molar-refractivity contribution in [2.24, 2.45) is 0 Å². The Kier molecular flexibility index (Phi) is 13.6. The molecule has 3 aromatic carbocycles. The van der Waals surface area contributed by atoms with E-state index in [4.69, 9.17) is 4.98 Å². The first-order chi connectivity index (χ1) is 27.8. The highest BCUT2D eigenvalue weighted by Gasteiger charge is 2.19. The van der Waals surface area contributed by atoms with Crippen molar-refractivity contribution >= 4 is 73.9 Å². The van der Waals surface area contributed by atoms with E-state index >= 15 is 0 Å². The zero-order chi connectivity index (χ0) is 39.6. The molecule has 302 valence electrons. The third-order valence-electron chi connectivity index (χ3n) is 11.4. The number of aromatic nitrogens is 1. The molecule has 0 spiro atoms. The van der Waals surface area contributed by atoms with Crippen LogP contribution < -0.4 is 21.3 Å². The summed E-state index contributed by atoms with van der Waals surface area (Å²) in [6.45, 7) is 9.07. The summed E-state index contributed by atoms with van der Waals surface area (Å²) in [7, 11) is 2.07. The van der Waals surface area contributed by atoms with Crippen molar-refractivity contribution < 1.29 is 19.2 Å². The van der Waals surface area contributed by atoms with Crippen molar-refractivity contribution in [3.63, 3.8) is 0 Å². The van der Waals surface area contributed by atoms with Gasteiger partial charge in [0, 0.05) is 98.5 Å². The Morgan fingerprint density at radius 1 is 0.544 bits per heavy atom. The first kappa shape index (κ1) is 40.1. The maximum absolute atomic E-state index is 12.9. The Hall–Kier alpha value is -5.11. The Labute approximate surface area is 335 Å². The summed E-state index contributed by atoms with van der Waals surface area (Å²) < 4.78 is 0. The molecule has 4 amide bonds. The fourth-order valence-corrected chi connectivity index (χ4v) is 8.00. The van der Waals surface area contributed by atoms with Crippen LogP contribution in [0.5, 0.6) is 0 Å². The van der Waals surface area contributed by atoms with Crippen LogP contribution in [-0.4, -0.2) is 121 Å². The normalized spacial score (nSPS) is 16.6. The van der Waals surface area contributed by atoms with Crippen LogP contribution in [0.2, 0.25) is 0 Å². The maximum atomic E-state index is 12.9. The van der Waals surface area contributed by atoms with Gasteiger partial charge in [-0.05, 0) is 132 Å². The highest BCUT2D eigenvalue weighted by Crippen LogP contribution is 2.36. The molecule has 4 heterocycles. The highest BCUT2D eigenvalue weighted by atomic mass is 16.2. The number of amides is 4. The zero-order valence-corrected chi connectivity index (χ0v) is 33.3. The molecule has 0 bridgehead atoms. The average Bonchev–Trinajstić information content (AvgIpc) is 3.94. The fraction of sp³-hybridized carbons (Fsp3) is 0.477. The second-order valence-electron chi connectivity index (χ2n) is 15.8. The molecule has 0 saturated carbocycles. The number of carbonyl (C=O) groups is 4. The van der Waals surface area contributed by atoms with E-state index in [2.05, 4.69) is 43.0 Å². The Balaban J connectivity index is 1.01. The molecule has 3 aliphatic rings. The van der Waals surface area contributed by atoms with Crippen LogP contribution in [0.15, 0.2) is 60.7 Å². The first-order valence-corrected chi connectivity index (χ1v) is 20.8. The van der Waals surface area contributed by atoms with Crippen LogP contribution in [0, 0.1) is 0 Å². The number of rotatable bonds is 16. The maximum Gasteiger partial charge on any atom is 0.225 e. The van der Waals surface area contributed by atoms with Gasteiger partial charge in [-0.15, -0.1) is 0 Å². The van der Waals surface area contributed by atoms with Gasteiger partial charge in [0.25, 0.3) is 0 Å². The number of carbonyl (C=O) groups excluding carboxylic acids is 4. The Morgan fingerprint density at radius 2 is 1.00 bits per heavy atom. The molecule has 3 saturated heterocycles. The van der Waals surface area contributed by atoms with Gasteiger partial charge in [-0.3, -0.25) is 19.2 Å². The molecule has 13 nitrogen and oxygen atoms in total. The lowest BCUT2D eigenvalue weighted by molar-refractivity contribution is -0.133. The van der Waals surface area contributed by atoms with Gasteiger partial charge in [-0.25, -0.2) is 4.98 Å². The summed E-state index contributed by atoms with van der Waals surface area (Å²) >= 11 is 0. The summed E-state index contributed by atoms with van der Waals surface area (Å²) in [6.07, 6.45) is 7.80. The summed E-state index contributed by atoms with van der Waals surface area (Å²) in [5, 5.41) is 14.5. The SMILES string of the molecule is CN1CCN(C(=O)CCCCC(=O)Nc2ccc(Nc3c4ccc(NC(=O)CCN5CCCC5)cc4nc4cc(NC(=O)CCN5CCCC5)ccc34)cc2)CC1. The molecule has 4 aromatic rings. The molecule has 0 unspecified atom stereocenters. The number of hydrogen-bond donors (Lipinski definition) is 4. The molecule has 0 atom stereocenters. The Bertz CT molecular complexity index is 1940. The smallest absolute Gasteiger partial charge is 0.225 e. The number of unbranched alkanes of at least 4 members (excludes halogenated alkanes) is 1. The largest absolute Gasteiger partial charge is 0.354 e. The predicted molar refractivity (Wildman–Crippen MR) is 228 cm³/mol. The number of likely N-dealkylation sites (N-methyl/N-ethyl adjacent to an activating group) is 1. The fourth-order valence-electron chi connectivity index (χ4n) is 8.00. The molecule has 1 aromatic heterocycles. The van der Waals surface area contributed by atoms with Gasteiger partial charge in [0.1, 0.15) is 0 Å². The van der Waals surface area contributed by atoms with Crippen molar-refractivity contribution in [1.29, 1.82) is 0 Å². The van der Waals surface area contributed by atoms with Crippen LogP contribution in [0.4, 0.5) is 28.4 Å². The van der Waals surface area contributed by atoms with Gasteiger partial charge in [0.05, 0.1) is 16.7 Å². The van der Waals surface area contributed by atoms with E-state index in [1.165, 1.54) is 25.7 Å². The van der Waals surface area contributed by atoms with E-state index < -0.39 is 0 Å². The standard InChI is InChI=1S/C44H57N9O4/c1-50-26-28-53(29-27-50)43(57)9-3-2-8-40(54)45-32-10-12-33(13-11-32)48-44-36-16-14-34(46-41(55)18-24-51-20-4-5-21-51)30-38(36)49-39-31-35(15-17-37(39)44)47-42(56)19-25-52-22-6-7-23-52/h10-17,30-31H,2-9,18-29H2,1H3,(H,45,54)(H,46,55)(H,47,56)(H,48,49). The van der Waals surface area contributed by atoms with E-state index in [9.17, 15) is 19.2 Å². The minimum atomic E-state index is -0.0771. The minimum absolute atomic E-state index is 0.0252. The molecule has 13 heteroatoms. The van der Waals surface area contributed by atoms with Crippen molar-refractivity contribution in [1.82, 2.24) is 24.6 Å². The molecule has 4 N–H and O–H groups in total. The summed E-state index contributed by atoms with van der Waals surface area (Å²) in [5.74, 6) is 0.0460. The third kappa shape index (κ3) is 11.3. The average molecular weight is 776 g/mol. The van der Waals surface area contributed by atoms with Gasteiger partial charge < -0.3 is 40.9 Å². The van der Waals surface area contributed by atoms with Gasteiger partial charge in [0.2, 0.25) is 23.6 Å². The number of pyridine rings is 1.